The molecule has 13 heteroatoms. The number of amides is 1. The molecule has 42 heavy (non-hydrogen) atoms. The molecule has 0 radical (unpaired) electrons. The Balaban J connectivity index is 1.67. The minimum Gasteiger partial charge on any atom is -0.497 e. The van der Waals surface area contributed by atoms with Gasteiger partial charge in [-0.15, -0.1) is 0 Å². The van der Waals surface area contributed by atoms with Gasteiger partial charge in [0, 0.05) is 18.2 Å². The first-order chi connectivity index (χ1) is 19.9. The summed E-state index contributed by atoms with van der Waals surface area (Å²) in [5.41, 5.74) is -0.455. The number of hydrogen-bond donors (Lipinski definition) is 0. The van der Waals surface area contributed by atoms with Crippen LogP contribution in [0.4, 0.5) is 13.2 Å². The zero-order valence-electron chi connectivity index (χ0n) is 22.7. The zero-order valence-corrected chi connectivity index (χ0v) is 23.5. The summed E-state index contributed by atoms with van der Waals surface area (Å²) in [5.74, 6) is 0.594. The molecule has 1 heterocycles. The van der Waals surface area contributed by atoms with Crippen LogP contribution in [0.2, 0.25) is 0 Å². The molecule has 1 amide bonds. The fraction of sp³-hybridized carbons (Fsp3) is 0.207. The largest absolute Gasteiger partial charge is 0.497 e. The number of carbonyl (C=O) groups is 1. The smallest absolute Gasteiger partial charge is 0.416 e. The van der Waals surface area contributed by atoms with Crippen LogP contribution in [-0.4, -0.2) is 40.6 Å². The van der Waals surface area contributed by atoms with Gasteiger partial charge in [-0.1, -0.05) is 12.1 Å². The van der Waals surface area contributed by atoms with Gasteiger partial charge in [0.25, 0.3) is 5.91 Å². The van der Waals surface area contributed by atoms with Crippen LogP contribution in [0.15, 0.2) is 88.4 Å². The summed E-state index contributed by atoms with van der Waals surface area (Å²) in [6, 6.07) is 15.6. The Kier molecular flexibility index (Phi) is 9.00. The highest BCUT2D eigenvalue weighted by Gasteiger charge is 2.32. The fourth-order valence-corrected chi connectivity index (χ4v) is 4.98. The molecule has 9 nitrogen and oxygen atoms in total. The molecule has 0 bridgehead atoms. The molecule has 0 aliphatic heterocycles. The van der Waals surface area contributed by atoms with Gasteiger partial charge in [-0.05, 0) is 60.2 Å². The third-order valence-electron chi connectivity index (χ3n) is 6.06. The Morgan fingerprint density at radius 3 is 2.14 bits per heavy atom. The van der Waals surface area contributed by atoms with Crippen LogP contribution in [0.3, 0.4) is 0 Å². The third-order valence-corrected chi connectivity index (χ3v) is 7.29. The van der Waals surface area contributed by atoms with Crippen molar-refractivity contribution >= 4 is 16.0 Å². The summed E-state index contributed by atoms with van der Waals surface area (Å²) in [7, 11) is -0.505. The van der Waals surface area contributed by atoms with Crippen LogP contribution >= 0.6 is 0 Å². The van der Waals surface area contributed by atoms with Crippen molar-refractivity contribution in [2.24, 2.45) is 0 Å². The zero-order chi connectivity index (χ0) is 30.5. The van der Waals surface area contributed by atoms with Gasteiger partial charge < -0.3 is 27.7 Å². The van der Waals surface area contributed by atoms with E-state index in [1.165, 1.54) is 44.6 Å². The molecule has 222 valence electrons. The number of carbonyl (C=O) groups excluding carboxylic acids is 1. The Labute approximate surface area is 240 Å². The topological polar surface area (TPSA) is 105 Å². The summed E-state index contributed by atoms with van der Waals surface area (Å²) in [6.45, 7) is 0.0130. The Bertz CT molecular complexity index is 1630. The second kappa shape index (κ2) is 12.5. The molecular formula is C29H26F3NO8S. The second-order valence-corrected chi connectivity index (χ2v) is 10.4. The lowest BCUT2D eigenvalue weighted by molar-refractivity contribution is -0.137. The van der Waals surface area contributed by atoms with Crippen LogP contribution in [0.5, 0.6) is 23.0 Å². The third kappa shape index (κ3) is 7.16. The Hall–Kier alpha value is -4.65. The van der Waals surface area contributed by atoms with Crippen molar-refractivity contribution in [1.82, 2.24) is 4.90 Å². The Morgan fingerprint density at radius 1 is 0.833 bits per heavy atom. The number of benzene rings is 3. The van der Waals surface area contributed by atoms with Crippen molar-refractivity contribution in [2.45, 2.75) is 24.2 Å². The molecule has 0 aliphatic rings. The first kappa shape index (κ1) is 30.3. The summed E-state index contributed by atoms with van der Waals surface area (Å²) < 4.78 is 91.9. The molecular weight excluding hydrogens is 579 g/mol. The normalized spacial score (nSPS) is 11.6. The lowest BCUT2D eigenvalue weighted by Crippen LogP contribution is -2.30. The molecule has 0 fully saturated rings. The van der Waals surface area contributed by atoms with E-state index >= 15 is 0 Å². The number of hydrogen-bond acceptors (Lipinski definition) is 8. The number of methoxy groups -OCH3 is 3. The molecule has 0 unspecified atom stereocenters. The van der Waals surface area contributed by atoms with E-state index in [0.717, 1.165) is 18.2 Å². The van der Waals surface area contributed by atoms with Gasteiger partial charge in [0.1, 0.15) is 22.2 Å². The SMILES string of the molecule is COc1cc(OC)cc(C(=O)N(Cc2ccc(OC)c(OS(=O)(=O)c3cccc(C(F)(F)F)c3)c2)Cc2ccco2)c1. The first-order valence-corrected chi connectivity index (χ1v) is 13.7. The molecule has 0 aliphatic carbocycles. The van der Waals surface area contributed by atoms with Gasteiger partial charge in [-0.25, -0.2) is 0 Å². The van der Waals surface area contributed by atoms with Gasteiger partial charge >= 0.3 is 16.3 Å². The van der Waals surface area contributed by atoms with Crippen LogP contribution in [0.25, 0.3) is 0 Å². The number of halogens is 3. The Morgan fingerprint density at radius 2 is 1.55 bits per heavy atom. The van der Waals surface area contributed by atoms with Gasteiger partial charge in [0.05, 0.1) is 39.7 Å². The van der Waals surface area contributed by atoms with E-state index in [1.807, 2.05) is 0 Å². The highest BCUT2D eigenvalue weighted by atomic mass is 32.2. The maximum absolute atomic E-state index is 13.7. The highest BCUT2D eigenvalue weighted by molar-refractivity contribution is 7.87. The van der Waals surface area contributed by atoms with Crippen LogP contribution < -0.4 is 18.4 Å². The average molecular weight is 606 g/mol. The van der Waals surface area contributed by atoms with E-state index in [4.69, 9.17) is 22.8 Å². The monoisotopic (exact) mass is 605 g/mol. The van der Waals surface area contributed by atoms with Gasteiger partial charge in [-0.3, -0.25) is 4.79 Å². The second-order valence-electron chi connectivity index (χ2n) is 8.89. The van der Waals surface area contributed by atoms with Crippen molar-refractivity contribution in [2.75, 3.05) is 21.3 Å². The van der Waals surface area contributed by atoms with E-state index in [9.17, 15) is 26.4 Å². The predicted octanol–water partition coefficient (Wildman–Crippen LogP) is 5.93. The minimum atomic E-state index is -4.75. The first-order valence-electron chi connectivity index (χ1n) is 12.3. The summed E-state index contributed by atoms with van der Waals surface area (Å²) in [4.78, 5) is 14.4. The van der Waals surface area contributed by atoms with Crippen molar-refractivity contribution in [1.29, 1.82) is 0 Å². The molecule has 1 aromatic heterocycles. The minimum absolute atomic E-state index is 0.00995. The quantitative estimate of drug-likeness (QED) is 0.194. The average Bonchev–Trinajstić information content (AvgIpc) is 3.49. The number of alkyl halides is 3. The highest BCUT2D eigenvalue weighted by Crippen LogP contribution is 2.34. The summed E-state index contributed by atoms with van der Waals surface area (Å²) in [6.07, 6.45) is -3.29. The van der Waals surface area contributed by atoms with Gasteiger partial charge in [-0.2, -0.15) is 21.6 Å². The molecule has 0 spiro atoms. The van der Waals surface area contributed by atoms with Crippen LogP contribution in [-0.2, 0) is 29.4 Å². The van der Waals surface area contributed by atoms with Crippen LogP contribution in [0, 0.1) is 0 Å². The number of ether oxygens (including phenoxy) is 3. The lowest BCUT2D eigenvalue weighted by atomic mass is 10.1. The van der Waals surface area contributed by atoms with Gasteiger partial charge in [0.15, 0.2) is 11.5 Å². The van der Waals surface area contributed by atoms with E-state index in [1.54, 1.807) is 36.4 Å². The van der Waals surface area contributed by atoms with Crippen molar-refractivity contribution in [3.8, 4) is 23.0 Å². The van der Waals surface area contributed by atoms with Crippen molar-refractivity contribution in [3.05, 3.63) is 102 Å². The molecule has 0 saturated carbocycles. The fourth-order valence-electron chi connectivity index (χ4n) is 4.00. The predicted molar refractivity (Wildman–Crippen MR) is 144 cm³/mol. The van der Waals surface area contributed by atoms with Crippen molar-refractivity contribution in [3.63, 3.8) is 0 Å². The summed E-state index contributed by atoms with van der Waals surface area (Å²) in [5, 5.41) is 0. The maximum atomic E-state index is 13.7. The number of furan rings is 1. The van der Waals surface area contributed by atoms with E-state index < -0.39 is 32.7 Å². The molecule has 4 aromatic rings. The van der Waals surface area contributed by atoms with Gasteiger partial charge in [0.2, 0.25) is 0 Å². The number of nitrogens with zero attached hydrogens (tertiary/aromatic N) is 1. The van der Waals surface area contributed by atoms with E-state index in [2.05, 4.69) is 0 Å². The van der Waals surface area contributed by atoms with E-state index in [0.29, 0.717) is 28.9 Å². The lowest BCUT2D eigenvalue weighted by Gasteiger charge is -2.23. The molecule has 0 N–H and O–H groups in total. The van der Waals surface area contributed by atoms with Crippen molar-refractivity contribution < 1.29 is 49.2 Å². The summed E-state index contributed by atoms with van der Waals surface area (Å²) >= 11 is 0. The molecule has 0 atom stereocenters. The molecule has 4 rings (SSSR count). The molecule has 0 saturated heterocycles. The van der Waals surface area contributed by atoms with E-state index in [-0.39, 0.29) is 30.2 Å². The standard InChI is InChI=1S/C29H26F3NO8S/c1-37-23-13-20(14-24(16-23)38-2)28(34)33(18-22-7-5-11-40-22)17-19-9-10-26(39-3)27(12-19)41-42(35,36)25-8-4-6-21(15-25)29(30,31)32/h4-16H,17-18H2,1-3H3. The number of rotatable bonds is 11. The molecule has 3 aromatic carbocycles. The van der Waals surface area contributed by atoms with Crippen LogP contribution in [0.1, 0.15) is 27.2 Å². The maximum Gasteiger partial charge on any atom is 0.416 e.